The minimum absolute atomic E-state index is 0.107. The molecule has 28 heavy (non-hydrogen) atoms. The van der Waals surface area contributed by atoms with Gasteiger partial charge in [-0.25, -0.2) is 0 Å². The summed E-state index contributed by atoms with van der Waals surface area (Å²) in [7, 11) is 2.32. The molecule has 1 aromatic carbocycles. The van der Waals surface area contributed by atoms with Gasteiger partial charge in [-0.15, -0.1) is 0 Å². The number of allylic oxidation sites excluding steroid dienone is 2. The molecule has 2 heterocycles. The maximum Gasteiger partial charge on any atom is 0.242 e. The molecule has 1 aromatic rings. The SMILES string of the molecule is BC1CC1c1ccc(CC2CN(C(=O)CN3C=CC(=C)C(O)=C3C)C2)c(C)c1. The van der Waals surface area contributed by atoms with E-state index in [0.717, 1.165) is 31.2 Å². The Kier molecular flexibility index (Phi) is 4.86. The van der Waals surface area contributed by atoms with E-state index in [9.17, 15) is 9.90 Å². The highest BCUT2D eigenvalue weighted by molar-refractivity contribution is 6.14. The molecule has 0 radical (unpaired) electrons. The Morgan fingerprint density at radius 2 is 2.04 bits per heavy atom. The molecule has 0 bridgehead atoms. The predicted octanol–water partition coefficient (Wildman–Crippen LogP) is 3.08. The number of carbonyl (C=O) groups is 1. The molecule has 146 valence electrons. The van der Waals surface area contributed by atoms with Crippen molar-refractivity contribution in [3.8, 4) is 0 Å². The highest BCUT2D eigenvalue weighted by Crippen LogP contribution is 2.50. The topological polar surface area (TPSA) is 43.8 Å². The lowest BCUT2D eigenvalue weighted by Crippen LogP contribution is -2.53. The average Bonchev–Trinajstić information content (AvgIpc) is 3.36. The highest BCUT2D eigenvalue weighted by atomic mass is 16.3. The summed E-state index contributed by atoms with van der Waals surface area (Å²) >= 11 is 0. The lowest BCUT2D eigenvalue weighted by molar-refractivity contribution is -0.137. The van der Waals surface area contributed by atoms with Crippen molar-refractivity contribution in [3.05, 3.63) is 70.8 Å². The normalized spacial score (nSPS) is 24.6. The lowest BCUT2D eigenvalue weighted by atomic mass is 9.88. The Labute approximate surface area is 168 Å². The number of aliphatic hydroxyl groups excluding tert-OH is 1. The third-order valence-corrected chi connectivity index (χ3v) is 6.56. The van der Waals surface area contributed by atoms with Crippen molar-refractivity contribution in [1.29, 1.82) is 0 Å². The zero-order valence-corrected chi connectivity index (χ0v) is 17.1. The number of likely N-dealkylation sites (tertiary alicyclic amines) is 1. The molecule has 4 nitrogen and oxygen atoms in total. The molecule has 1 N–H and O–H groups in total. The van der Waals surface area contributed by atoms with Crippen molar-refractivity contribution < 1.29 is 9.90 Å². The summed E-state index contributed by atoms with van der Waals surface area (Å²) in [5, 5.41) is 10.0. The Balaban J connectivity index is 1.28. The molecular weight excluding hydrogens is 347 g/mol. The standard InChI is InChI=1S/C23H29BN2O2/c1-14-6-7-25(16(3)23(14)28)13-22(27)26-11-17(12-26)9-18-4-5-19(8-15(18)2)20-10-21(20)24/h4-8,17,20-21,28H,1,9-13,24H2,2-3H3. The molecule has 2 fully saturated rings. The molecule has 0 spiro atoms. The van der Waals surface area contributed by atoms with Crippen molar-refractivity contribution >= 4 is 13.8 Å². The van der Waals surface area contributed by atoms with Crippen LogP contribution in [0.15, 0.2) is 54.1 Å². The van der Waals surface area contributed by atoms with Crippen molar-refractivity contribution in [3.63, 3.8) is 0 Å². The van der Waals surface area contributed by atoms with E-state index in [1.807, 2.05) is 18.0 Å². The fourth-order valence-electron chi connectivity index (χ4n) is 4.34. The van der Waals surface area contributed by atoms with Crippen LogP contribution in [-0.2, 0) is 11.2 Å². The molecule has 2 atom stereocenters. The monoisotopic (exact) mass is 376 g/mol. The van der Waals surface area contributed by atoms with Gasteiger partial charge in [-0.2, -0.15) is 0 Å². The van der Waals surface area contributed by atoms with Gasteiger partial charge in [-0.05, 0) is 54.9 Å². The number of aliphatic hydroxyl groups is 1. The van der Waals surface area contributed by atoms with Crippen LogP contribution in [0.25, 0.3) is 0 Å². The molecule has 1 saturated heterocycles. The van der Waals surface area contributed by atoms with Gasteiger partial charge in [0.15, 0.2) is 0 Å². The van der Waals surface area contributed by atoms with Crippen LogP contribution in [0.4, 0.5) is 0 Å². The van der Waals surface area contributed by atoms with Gasteiger partial charge in [0.1, 0.15) is 20.2 Å². The first-order valence-electron chi connectivity index (χ1n) is 10.2. The Hall–Kier alpha value is -2.43. The van der Waals surface area contributed by atoms with Crippen LogP contribution in [-0.4, -0.2) is 48.3 Å². The summed E-state index contributed by atoms with van der Waals surface area (Å²) in [4.78, 5) is 16.3. The maximum atomic E-state index is 12.6. The minimum Gasteiger partial charge on any atom is -0.506 e. The van der Waals surface area contributed by atoms with E-state index in [2.05, 4.69) is 39.5 Å². The zero-order chi connectivity index (χ0) is 20.0. The number of aryl methyl sites for hydroxylation is 1. The van der Waals surface area contributed by atoms with Crippen LogP contribution in [0.3, 0.4) is 0 Å². The van der Waals surface area contributed by atoms with Gasteiger partial charge in [0, 0.05) is 24.9 Å². The molecule has 4 rings (SSSR count). The number of nitrogens with zero attached hydrogens (tertiary/aromatic N) is 2. The smallest absolute Gasteiger partial charge is 0.242 e. The summed E-state index contributed by atoms with van der Waals surface area (Å²) < 4.78 is 0. The number of hydrogen-bond acceptors (Lipinski definition) is 3. The highest BCUT2D eigenvalue weighted by Gasteiger charge is 2.34. The molecule has 1 amide bonds. The summed E-state index contributed by atoms with van der Waals surface area (Å²) in [6.45, 7) is 9.71. The number of hydrogen-bond donors (Lipinski definition) is 1. The number of carbonyl (C=O) groups excluding carboxylic acids is 1. The summed E-state index contributed by atoms with van der Waals surface area (Å²) in [6, 6.07) is 6.96. The van der Waals surface area contributed by atoms with E-state index in [1.165, 1.54) is 23.1 Å². The second-order valence-corrected chi connectivity index (χ2v) is 8.78. The molecule has 2 aliphatic heterocycles. The molecule has 0 aromatic heterocycles. The van der Waals surface area contributed by atoms with Crippen LogP contribution in [0.2, 0.25) is 5.82 Å². The van der Waals surface area contributed by atoms with Gasteiger partial charge in [-0.3, -0.25) is 4.79 Å². The summed E-state index contributed by atoms with van der Waals surface area (Å²) in [5.74, 6) is 2.41. The fraction of sp³-hybridized carbons (Fsp3) is 0.435. The van der Waals surface area contributed by atoms with E-state index in [1.54, 1.807) is 11.0 Å². The first kappa shape index (κ1) is 18.9. The van der Waals surface area contributed by atoms with E-state index in [-0.39, 0.29) is 18.2 Å². The van der Waals surface area contributed by atoms with Crippen molar-refractivity contribution in [1.82, 2.24) is 9.80 Å². The molecule has 3 aliphatic rings. The average molecular weight is 376 g/mol. The van der Waals surface area contributed by atoms with Gasteiger partial charge < -0.3 is 14.9 Å². The first-order valence-corrected chi connectivity index (χ1v) is 10.2. The van der Waals surface area contributed by atoms with E-state index in [0.29, 0.717) is 17.2 Å². The van der Waals surface area contributed by atoms with Crippen molar-refractivity contribution in [2.75, 3.05) is 19.6 Å². The third kappa shape index (κ3) is 3.62. The van der Waals surface area contributed by atoms with E-state index >= 15 is 0 Å². The lowest BCUT2D eigenvalue weighted by Gasteiger charge is -2.41. The van der Waals surface area contributed by atoms with Crippen molar-refractivity contribution in [2.45, 2.75) is 38.4 Å². The molecule has 1 saturated carbocycles. The van der Waals surface area contributed by atoms with Gasteiger partial charge in [0.25, 0.3) is 0 Å². The Morgan fingerprint density at radius 3 is 2.68 bits per heavy atom. The molecule has 5 heteroatoms. The second-order valence-electron chi connectivity index (χ2n) is 8.78. The van der Waals surface area contributed by atoms with Crippen LogP contribution in [0.5, 0.6) is 0 Å². The second kappa shape index (κ2) is 7.19. The molecular formula is C23H29BN2O2. The van der Waals surface area contributed by atoms with Gasteiger partial charge in [0.05, 0.1) is 5.70 Å². The maximum absolute atomic E-state index is 12.6. The zero-order valence-electron chi connectivity index (χ0n) is 17.1. The predicted molar refractivity (Wildman–Crippen MR) is 115 cm³/mol. The number of amides is 1. The minimum atomic E-state index is 0.107. The number of benzene rings is 1. The fourth-order valence-corrected chi connectivity index (χ4v) is 4.34. The summed E-state index contributed by atoms with van der Waals surface area (Å²) in [5.41, 5.74) is 5.55. The van der Waals surface area contributed by atoms with Gasteiger partial charge in [-0.1, -0.05) is 37.0 Å². The van der Waals surface area contributed by atoms with E-state index in [4.69, 9.17) is 0 Å². The third-order valence-electron chi connectivity index (χ3n) is 6.56. The summed E-state index contributed by atoms with van der Waals surface area (Å²) in [6.07, 6.45) is 5.92. The van der Waals surface area contributed by atoms with Gasteiger partial charge >= 0.3 is 0 Å². The largest absolute Gasteiger partial charge is 0.506 e. The quantitative estimate of drug-likeness (QED) is 0.804. The van der Waals surface area contributed by atoms with Crippen LogP contribution in [0.1, 0.15) is 36.0 Å². The molecule has 1 aliphatic carbocycles. The van der Waals surface area contributed by atoms with Crippen LogP contribution >= 0.6 is 0 Å². The number of rotatable bonds is 5. The van der Waals surface area contributed by atoms with Crippen molar-refractivity contribution in [2.24, 2.45) is 5.92 Å². The molecule has 2 unspecified atom stereocenters. The van der Waals surface area contributed by atoms with E-state index < -0.39 is 0 Å². The Morgan fingerprint density at radius 1 is 1.32 bits per heavy atom. The Bertz CT molecular complexity index is 883. The van der Waals surface area contributed by atoms with Gasteiger partial charge in [0.2, 0.25) is 5.91 Å². The van der Waals surface area contributed by atoms with Crippen LogP contribution < -0.4 is 0 Å². The first-order chi connectivity index (χ1) is 13.3. The van der Waals surface area contributed by atoms with Crippen LogP contribution in [0, 0.1) is 12.8 Å².